The Balaban J connectivity index is 2.55. The van der Waals surface area contributed by atoms with Crippen LogP contribution >= 0.6 is 0 Å². The lowest BCUT2D eigenvalue weighted by molar-refractivity contribution is -0.141. The highest BCUT2D eigenvalue weighted by Crippen LogP contribution is 2.08. The zero-order valence-corrected chi connectivity index (χ0v) is 16.6. The summed E-state index contributed by atoms with van der Waals surface area (Å²) < 4.78 is 20.2. The fraction of sp³-hybridized carbons (Fsp3) is 0.500. The normalized spacial score (nSPS) is 14.3. The summed E-state index contributed by atoms with van der Waals surface area (Å²) in [6, 6.07) is 8.03. The summed E-state index contributed by atoms with van der Waals surface area (Å²) in [7, 11) is 1.20. The van der Waals surface area contributed by atoms with Crippen LogP contribution in [-0.4, -0.2) is 62.3 Å². The lowest BCUT2D eigenvalue weighted by Crippen LogP contribution is -2.41. The van der Waals surface area contributed by atoms with Crippen molar-refractivity contribution in [3.63, 3.8) is 0 Å². The molecule has 0 bridgehead atoms. The van der Waals surface area contributed by atoms with Crippen molar-refractivity contribution in [2.45, 2.75) is 32.1 Å². The van der Waals surface area contributed by atoms with Crippen molar-refractivity contribution in [2.75, 3.05) is 33.5 Å². The number of esters is 1. The Morgan fingerprint density at radius 3 is 2.54 bits per heavy atom. The number of aliphatic hydroxyl groups is 1. The SMILES string of the molecule is CCOCCOCC(C)(O)/C=C/[C@H](NC(=O)OCc1ccccc1)C(=O)OC. The first kappa shape index (κ1) is 23.6. The highest BCUT2D eigenvalue weighted by Gasteiger charge is 2.23. The third kappa shape index (κ3) is 10.1. The fourth-order valence-electron chi connectivity index (χ4n) is 2.10. The van der Waals surface area contributed by atoms with Gasteiger partial charge in [-0.15, -0.1) is 0 Å². The van der Waals surface area contributed by atoms with E-state index in [4.69, 9.17) is 14.2 Å². The van der Waals surface area contributed by atoms with Gasteiger partial charge in [0, 0.05) is 6.61 Å². The minimum atomic E-state index is -1.34. The van der Waals surface area contributed by atoms with Crippen LogP contribution in [0.3, 0.4) is 0 Å². The molecule has 0 aliphatic carbocycles. The molecular weight excluding hydrogens is 366 g/mol. The predicted molar refractivity (Wildman–Crippen MR) is 103 cm³/mol. The van der Waals surface area contributed by atoms with Crippen LogP contribution in [0.4, 0.5) is 4.79 Å². The lowest BCUT2D eigenvalue weighted by Gasteiger charge is -2.20. The van der Waals surface area contributed by atoms with Gasteiger partial charge in [-0.05, 0) is 19.4 Å². The Kier molecular flexibility index (Phi) is 10.9. The molecule has 0 aliphatic heterocycles. The summed E-state index contributed by atoms with van der Waals surface area (Å²) in [6.45, 7) is 4.82. The molecule has 1 unspecified atom stereocenters. The molecular formula is C20H29NO7. The first-order valence-corrected chi connectivity index (χ1v) is 9.00. The Bertz CT molecular complexity index is 616. The third-order valence-corrected chi connectivity index (χ3v) is 3.56. The summed E-state index contributed by atoms with van der Waals surface area (Å²) in [5.74, 6) is -0.694. The summed E-state index contributed by atoms with van der Waals surface area (Å²) in [4.78, 5) is 23.9. The fourth-order valence-corrected chi connectivity index (χ4v) is 2.10. The minimum Gasteiger partial charge on any atom is -0.467 e. The molecule has 2 N–H and O–H groups in total. The van der Waals surface area contributed by atoms with E-state index in [0.29, 0.717) is 19.8 Å². The maximum atomic E-state index is 12.0. The van der Waals surface area contributed by atoms with E-state index < -0.39 is 23.7 Å². The quantitative estimate of drug-likeness (QED) is 0.316. The second-order valence-corrected chi connectivity index (χ2v) is 6.17. The van der Waals surface area contributed by atoms with Crippen LogP contribution < -0.4 is 5.32 Å². The van der Waals surface area contributed by atoms with Crippen LogP contribution in [0.25, 0.3) is 0 Å². The van der Waals surface area contributed by atoms with Gasteiger partial charge in [0.15, 0.2) is 0 Å². The van der Waals surface area contributed by atoms with E-state index in [2.05, 4.69) is 10.1 Å². The van der Waals surface area contributed by atoms with Crippen LogP contribution in [0.15, 0.2) is 42.5 Å². The molecule has 0 aliphatic rings. The average molecular weight is 395 g/mol. The second-order valence-electron chi connectivity index (χ2n) is 6.17. The number of hydrogen-bond acceptors (Lipinski definition) is 7. The van der Waals surface area contributed by atoms with Crippen molar-refractivity contribution in [3.05, 3.63) is 48.0 Å². The molecule has 1 aromatic rings. The molecule has 2 atom stereocenters. The molecule has 0 saturated heterocycles. The Hall–Kier alpha value is -2.42. The molecule has 1 amide bonds. The van der Waals surface area contributed by atoms with Crippen LogP contribution in [0, 0.1) is 0 Å². The summed E-state index contributed by atoms with van der Waals surface area (Å²) in [6.07, 6.45) is 1.92. The molecule has 0 heterocycles. The van der Waals surface area contributed by atoms with Crippen LogP contribution in [0.5, 0.6) is 0 Å². The van der Waals surface area contributed by atoms with Gasteiger partial charge in [-0.3, -0.25) is 0 Å². The van der Waals surface area contributed by atoms with Gasteiger partial charge < -0.3 is 29.4 Å². The number of rotatable bonds is 12. The Labute approximate surface area is 165 Å². The molecule has 0 aromatic heterocycles. The molecule has 8 heteroatoms. The number of hydrogen-bond donors (Lipinski definition) is 2. The molecule has 0 spiro atoms. The van der Waals surface area contributed by atoms with E-state index in [9.17, 15) is 14.7 Å². The highest BCUT2D eigenvalue weighted by molar-refractivity contribution is 5.83. The largest absolute Gasteiger partial charge is 0.467 e. The van der Waals surface area contributed by atoms with Gasteiger partial charge in [0.25, 0.3) is 0 Å². The maximum Gasteiger partial charge on any atom is 0.408 e. The first-order valence-electron chi connectivity index (χ1n) is 9.00. The van der Waals surface area contributed by atoms with Crippen molar-refractivity contribution in [3.8, 4) is 0 Å². The number of benzene rings is 1. The Morgan fingerprint density at radius 1 is 1.21 bits per heavy atom. The summed E-state index contributed by atoms with van der Waals surface area (Å²) >= 11 is 0. The molecule has 28 heavy (non-hydrogen) atoms. The van der Waals surface area contributed by atoms with Gasteiger partial charge in [0.1, 0.15) is 18.2 Å². The number of alkyl carbamates (subject to hydrolysis) is 1. The van der Waals surface area contributed by atoms with E-state index in [-0.39, 0.29) is 13.2 Å². The molecule has 1 rings (SSSR count). The van der Waals surface area contributed by atoms with Gasteiger partial charge in [-0.2, -0.15) is 0 Å². The number of carbonyl (C=O) groups is 2. The van der Waals surface area contributed by atoms with Gasteiger partial charge in [-0.1, -0.05) is 42.5 Å². The van der Waals surface area contributed by atoms with E-state index in [1.165, 1.54) is 26.2 Å². The van der Waals surface area contributed by atoms with E-state index in [0.717, 1.165) is 5.56 Å². The van der Waals surface area contributed by atoms with Crippen molar-refractivity contribution < 1.29 is 33.6 Å². The predicted octanol–water partition coefficient (Wildman–Crippen LogP) is 1.81. The monoisotopic (exact) mass is 395 g/mol. The van der Waals surface area contributed by atoms with E-state index in [1.807, 2.05) is 37.3 Å². The van der Waals surface area contributed by atoms with Crippen LogP contribution in [0.1, 0.15) is 19.4 Å². The second kappa shape index (κ2) is 12.9. The molecule has 156 valence electrons. The summed E-state index contributed by atoms with van der Waals surface area (Å²) in [5, 5.41) is 12.7. The highest BCUT2D eigenvalue weighted by atomic mass is 16.6. The van der Waals surface area contributed by atoms with Crippen LogP contribution in [0.2, 0.25) is 0 Å². The van der Waals surface area contributed by atoms with Gasteiger partial charge in [0.05, 0.1) is 26.9 Å². The molecule has 1 aromatic carbocycles. The molecule has 0 saturated carbocycles. The number of amides is 1. The average Bonchev–Trinajstić information content (AvgIpc) is 2.69. The number of methoxy groups -OCH3 is 1. The smallest absolute Gasteiger partial charge is 0.408 e. The topological polar surface area (TPSA) is 103 Å². The van der Waals surface area contributed by atoms with Gasteiger partial charge >= 0.3 is 12.1 Å². The van der Waals surface area contributed by atoms with Crippen LogP contribution in [-0.2, 0) is 30.3 Å². The Morgan fingerprint density at radius 2 is 1.89 bits per heavy atom. The van der Waals surface area contributed by atoms with Gasteiger partial charge in [0.2, 0.25) is 0 Å². The zero-order chi connectivity index (χ0) is 20.8. The summed E-state index contributed by atoms with van der Waals surface area (Å²) in [5.41, 5.74) is -0.524. The van der Waals surface area contributed by atoms with Crippen molar-refractivity contribution in [1.82, 2.24) is 5.32 Å². The number of nitrogens with one attached hydrogen (secondary N) is 1. The van der Waals surface area contributed by atoms with Crippen molar-refractivity contribution >= 4 is 12.1 Å². The standard InChI is InChI=1S/C20H29NO7/c1-4-26-12-13-27-15-20(2,24)11-10-17(18(22)25-3)21-19(23)28-14-16-8-6-5-7-9-16/h5-11,17,24H,4,12-15H2,1-3H3,(H,21,23)/b11-10+/t17-,20?/m0/s1. The maximum absolute atomic E-state index is 12.0. The molecule has 0 fully saturated rings. The third-order valence-electron chi connectivity index (χ3n) is 3.56. The number of ether oxygens (including phenoxy) is 4. The molecule has 0 radical (unpaired) electrons. The van der Waals surface area contributed by atoms with Crippen molar-refractivity contribution in [2.24, 2.45) is 0 Å². The zero-order valence-electron chi connectivity index (χ0n) is 16.6. The van der Waals surface area contributed by atoms with Gasteiger partial charge in [-0.25, -0.2) is 9.59 Å². The lowest BCUT2D eigenvalue weighted by atomic mass is 10.1. The first-order chi connectivity index (χ1) is 13.4. The van der Waals surface area contributed by atoms with E-state index in [1.54, 1.807) is 0 Å². The van der Waals surface area contributed by atoms with E-state index >= 15 is 0 Å². The number of carbonyl (C=O) groups excluding carboxylic acids is 2. The van der Waals surface area contributed by atoms with Crippen molar-refractivity contribution in [1.29, 1.82) is 0 Å². The molecule has 8 nitrogen and oxygen atoms in total. The minimum absolute atomic E-state index is 0.00290.